The van der Waals surface area contributed by atoms with E-state index in [9.17, 15) is 4.79 Å². The molecule has 1 N–H and O–H groups in total. The van der Waals surface area contributed by atoms with Gasteiger partial charge >= 0.3 is 5.97 Å². The first-order valence-corrected chi connectivity index (χ1v) is 6.50. The topological polar surface area (TPSA) is 63.1 Å². The molecule has 0 unspecified atom stereocenters. The van der Waals surface area contributed by atoms with Gasteiger partial charge in [-0.15, -0.1) is 0 Å². The molecular weight excluding hydrogens is 232 g/mol. The number of hydrogen-bond acceptors (Lipinski definition) is 5. The van der Waals surface area contributed by atoms with Gasteiger partial charge in [0.25, 0.3) is 0 Å². The highest BCUT2D eigenvalue weighted by Gasteiger charge is 2.44. The smallest absolute Gasteiger partial charge is 0.303 e. The van der Waals surface area contributed by atoms with Crippen LogP contribution in [0.2, 0.25) is 0 Å². The molecule has 4 nitrogen and oxygen atoms in total. The summed E-state index contributed by atoms with van der Waals surface area (Å²) in [6.07, 6.45) is 2.35. The lowest BCUT2D eigenvalue weighted by molar-refractivity contribution is -0.138. The molecule has 0 saturated heterocycles. The largest absolute Gasteiger partial charge is 0.481 e. The number of carbonyl (C=O) groups is 1. The SMILES string of the molecule is Cc1nsc(SCC2(CC(=O)O)CC2)n1. The van der Waals surface area contributed by atoms with Crippen LogP contribution in [0, 0.1) is 12.3 Å². The van der Waals surface area contributed by atoms with Crippen molar-refractivity contribution in [2.75, 3.05) is 5.75 Å². The molecule has 15 heavy (non-hydrogen) atoms. The molecule has 1 fully saturated rings. The number of aliphatic carboxylic acids is 1. The predicted octanol–water partition coefficient (Wildman–Crippen LogP) is 2.19. The molecule has 0 spiro atoms. The van der Waals surface area contributed by atoms with Crippen LogP contribution in [-0.2, 0) is 4.79 Å². The van der Waals surface area contributed by atoms with Gasteiger partial charge in [0.05, 0.1) is 6.42 Å². The van der Waals surface area contributed by atoms with Gasteiger partial charge in [-0.3, -0.25) is 4.79 Å². The molecule has 0 atom stereocenters. The Balaban J connectivity index is 1.85. The number of carboxylic acids is 1. The van der Waals surface area contributed by atoms with Crippen LogP contribution in [0.25, 0.3) is 0 Å². The number of aryl methyl sites for hydroxylation is 1. The van der Waals surface area contributed by atoms with Crippen LogP contribution in [0.15, 0.2) is 4.34 Å². The van der Waals surface area contributed by atoms with E-state index in [1.807, 2.05) is 6.92 Å². The Morgan fingerprint density at radius 2 is 2.40 bits per heavy atom. The van der Waals surface area contributed by atoms with E-state index in [0.29, 0.717) is 0 Å². The van der Waals surface area contributed by atoms with E-state index in [-0.39, 0.29) is 11.8 Å². The summed E-state index contributed by atoms with van der Waals surface area (Å²) in [7, 11) is 0. The number of nitrogens with zero attached hydrogens (tertiary/aromatic N) is 2. The summed E-state index contributed by atoms with van der Waals surface area (Å²) in [5.41, 5.74) is 0.0378. The Hall–Kier alpha value is -0.620. The molecule has 2 rings (SSSR count). The van der Waals surface area contributed by atoms with Crippen LogP contribution in [0.1, 0.15) is 25.1 Å². The Morgan fingerprint density at radius 3 is 2.87 bits per heavy atom. The highest BCUT2D eigenvalue weighted by atomic mass is 32.2. The average Bonchev–Trinajstić information content (AvgIpc) is 2.77. The van der Waals surface area contributed by atoms with Crippen LogP contribution < -0.4 is 0 Å². The fourth-order valence-electron chi connectivity index (χ4n) is 1.42. The number of carboxylic acid groups (broad SMARTS) is 1. The van der Waals surface area contributed by atoms with Crippen LogP contribution in [0.5, 0.6) is 0 Å². The van der Waals surface area contributed by atoms with Gasteiger partial charge in [-0.1, -0.05) is 11.8 Å². The van der Waals surface area contributed by atoms with E-state index in [1.54, 1.807) is 11.8 Å². The van der Waals surface area contributed by atoms with Crippen LogP contribution in [-0.4, -0.2) is 26.2 Å². The van der Waals surface area contributed by atoms with Crippen molar-refractivity contribution in [3.8, 4) is 0 Å². The lowest BCUT2D eigenvalue weighted by Crippen LogP contribution is -2.10. The molecule has 1 saturated carbocycles. The Labute approximate surface area is 96.3 Å². The molecule has 1 heterocycles. The van der Waals surface area contributed by atoms with Crippen LogP contribution in [0.4, 0.5) is 0 Å². The second-order valence-corrected chi connectivity index (χ2v) is 5.94. The Morgan fingerprint density at radius 1 is 1.67 bits per heavy atom. The van der Waals surface area contributed by atoms with E-state index in [0.717, 1.165) is 28.8 Å². The minimum absolute atomic E-state index is 0.0378. The van der Waals surface area contributed by atoms with Gasteiger partial charge in [-0.2, -0.15) is 4.37 Å². The van der Waals surface area contributed by atoms with Crippen molar-refractivity contribution in [3.05, 3.63) is 5.82 Å². The average molecular weight is 244 g/mol. The number of rotatable bonds is 5. The predicted molar refractivity (Wildman–Crippen MR) is 59.3 cm³/mol. The first kappa shape index (κ1) is 10.9. The molecule has 0 radical (unpaired) electrons. The quantitative estimate of drug-likeness (QED) is 0.804. The lowest BCUT2D eigenvalue weighted by Gasteiger charge is -2.09. The van der Waals surface area contributed by atoms with Crippen molar-refractivity contribution in [3.63, 3.8) is 0 Å². The van der Waals surface area contributed by atoms with Gasteiger partial charge in [0.1, 0.15) is 5.82 Å². The van der Waals surface area contributed by atoms with E-state index in [1.165, 1.54) is 11.5 Å². The maximum atomic E-state index is 10.6. The minimum Gasteiger partial charge on any atom is -0.481 e. The Bertz CT molecular complexity index is 374. The second-order valence-electron chi connectivity index (χ2n) is 3.97. The lowest BCUT2D eigenvalue weighted by atomic mass is 10.1. The van der Waals surface area contributed by atoms with Gasteiger partial charge < -0.3 is 5.11 Å². The van der Waals surface area contributed by atoms with Crippen molar-refractivity contribution in [2.45, 2.75) is 30.5 Å². The third-order valence-corrected chi connectivity index (χ3v) is 4.77. The fraction of sp³-hybridized carbons (Fsp3) is 0.667. The minimum atomic E-state index is -0.693. The van der Waals surface area contributed by atoms with Crippen molar-refractivity contribution >= 4 is 29.3 Å². The molecule has 1 aromatic heterocycles. The molecule has 0 aromatic carbocycles. The summed E-state index contributed by atoms with van der Waals surface area (Å²) < 4.78 is 5.04. The van der Waals surface area contributed by atoms with E-state index >= 15 is 0 Å². The van der Waals surface area contributed by atoms with Crippen molar-refractivity contribution in [2.24, 2.45) is 5.41 Å². The van der Waals surface area contributed by atoms with Crippen LogP contribution in [0.3, 0.4) is 0 Å². The van der Waals surface area contributed by atoms with Gasteiger partial charge in [0, 0.05) is 5.75 Å². The molecule has 1 aliphatic carbocycles. The number of aromatic nitrogens is 2. The molecule has 0 amide bonds. The van der Waals surface area contributed by atoms with Crippen molar-refractivity contribution < 1.29 is 9.90 Å². The summed E-state index contributed by atoms with van der Waals surface area (Å²) in [5, 5.41) is 8.76. The van der Waals surface area contributed by atoms with Gasteiger partial charge in [-0.25, -0.2) is 4.98 Å². The normalized spacial score (nSPS) is 17.7. The zero-order valence-corrected chi connectivity index (χ0v) is 10.0. The second kappa shape index (κ2) is 4.09. The first-order chi connectivity index (χ1) is 7.10. The molecule has 0 aliphatic heterocycles. The summed E-state index contributed by atoms with van der Waals surface area (Å²) in [4.78, 5) is 14.9. The Kier molecular flexibility index (Phi) is 2.97. The zero-order chi connectivity index (χ0) is 10.9. The summed E-state index contributed by atoms with van der Waals surface area (Å²) in [6.45, 7) is 1.87. The molecule has 0 bridgehead atoms. The van der Waals surface area contributed by atoms with E-state index < -0.39 is 5.97 Å². The van der Waals surface area contributed by atoms with E-state index in [4.69, 9.17) is 5.11 Å². The molecule has 6 heteroatoms. The standard InChI is InChI=1S/C9H12N2O2S2/c1-6-10-8(15-11-6)14-5-9(2-3-9)4-7(12)13/h2-5H2,1H3,(H,12,13). The zero-order valence-electron chi connectivity index (χ0n) is 8.39. The molecule has 82 valence electrons. The third kappa shape index (κ3) is 2.92. The highest BCUT2D eigenvalue weighted by Crippen LogP contribution is 2.52. The van der Waals surface area contributed by atoms with Gasteiger partial charge in [-0.05, 0) is 36.7 Å². The van der Waals surface area contributed by atoms with E-state index in [2.05, 4.69) is 9.36 Å². The summed E-state index contributed by atoms with van der Waals surface area (Å²) >= 11 is 3.03. The van der Waals surface area contributed by atoms with Crippen molar-refractivity contribution in [1.29, 1.82) is 0 Å². The van der Waals surface area contributed by atoms with Crippen molar-refractivity contribution in [1.82, 2.24) is 9.36 Å². The highest BCUT2D eigenvalue weighted by molar-refractivity contribution is 8.00. The number of hydrogen-bond donors (Lipinski definition) is 1. The maximum Gasteiger partial charge on any atom is 0.303 e. The first-order valence-electron chi connectivity index (χ1n) is 4.75. The molecule has 1 aliphatic rings. The monoisotopic (exact) mass is 244 g/mol. The van der Waals surface area contributed by atoms with Gasteiger partial charge in [0.15, 0.2) is 4.34 Å². The van der Waals surface area contributed by atoms with Crippen LogP contribution >= 0.6 is 23.3 Å². The number of thioether (sulfide) groups is 1. The summed E-state index contributed by atoms with van der Waals surface area (Å²) in [6, 6.07) is 0. The summed E-state index contributed by atoms with van der Waals surface area (Å²) in [5.74, 6) is 0.959. The fourth-order valence-corrected chi connectivity index (χ4v) is 3.36. The molecule has 1 aromatic rings. The third-order valence-electron chi connectivity index (χ3n) is 2.49. The van der Waals surface area contributed by atoms with Gasteiger partial charge in [0.2, 0.25) is 0 Å². The molecular formula is C9H12N2O2S2. The maximum absolute atomic E-state index is 10.6.